The maximum Gasteiger partial charge on any atom is 0.251 e. The zero-order valence-corrected chi connectivity index (χ0v) is 13.1. The van der Waals surface area contributed by atoms with Gasteiger partial charge in [-0.05, 0) is 45.4 Å². The van der Waals surface area contributed by atoms with Gasteiger partial charge in [0.2, 0.25) is 5.91 Å². The second-order valence-electron chi connectivity index (χ2n) is 4.75. The zero-order chi connectivity index (χ0) is 14.1. The van der Waals surface area contributed by atoms with Gasteiger partial charge < -0.3 is 9.47 Å². The summed E-state index contributed by atoms with van der Waals surface area (Å²) in [4.78, 5) is 27.2. The van der Waals surface area contributed by atoms with Gasteiger partial charge >= 0.3 is 0 Å². The van der Waals surface area contributed by atoms with E-state index in [4.69, 9.17) is 0 Å². The van der Waals surface area contributed by atoms with Gasteiger partial charge in [0.05, 0.1) is 0 Å². The lowest BCUT2D eigenvalue weighted by Crippen LogP contribution is -2.39. The van der Waals surface area contributed by atoms with Crippen LogP contribution in [0.5, 0.6) is 0 Å². The molecule has 0 radical (unpaired) electrons. The Morgan fingerprint density at radius 2 is 2.20 bits per heavy atom. The molecule has 0 saturated heterocycles. The lowest BCUT2D eigenvalue weighted by Gasteiger charge is -2.27. The average Bonchev–Trinajstić information content (AvgIpc) is 2.90. The molecule has 0 bridgehead atoms. The molecular formula is C14H13BrN2O2S. The van der Waals surface area contributed by atoms with Gasteiger partial charge in [0, 0.05) is 34.7 Å². The molecule has 0 spiro atoms. The number of hydrogen-bond acceptors (Lipinski definition) is 3. The topological polar surface area (TPSA) is 42.3 Å². The standard InChI is InChI=1S/C14H13BrN2O2S/c15-11-1-2-13(18)17(8-11)9-14(19)16-5-3-12-10(7-16)4-6-20-12/h1-2,4,6,8H,3,5,7,9H2. The van der Waals surface area contributed by atoms with Crippen LogP contribution in [-0.2, 0) is 24.3 Å². The molecule has 1 amide bonds. The minimum Gasteiger partial charge on any atom is -0.336 e. The molecule has 1 aliphatic heterocycles. The Labute approximate surface area is 128 Å². The van der Waals surface area contributed by atoms with E-state index in [0.717, 1.165) is 17.4 Å². The second-order valence-corrected chi connectivity index (χ2v) is 6.66. The van der Waals surface area contributed by atoms with Crippen LogP contribution < -0.4 is 5.56 Å². The summed E-state index contributed by atoms with van der Waals surface area (Å²) < 4.78 is 2.24. The van der Waals surface area contributed by atoms with Crippen molar-refractivity contribution in [2.45, 2.75) is 19.5 Å². The number of hydrogen-bond donors (Lipinski definition) is 0. The van der Waals surface area contributed by atoms with Crippen LogP contribution in [0.25, 0.3) is 0 Å². The number of amides is 1. The van der Waals surface area contributed by atoms with E-state index in [0.29, 0.717) is 6.54 Å². The molecule has 1 aliphatic rings. The van der Waals surface area contributed by atoms with Crippen molar-refractivity contribution in [1.29, 1.82) is 0 Å². The molecule has 0 fully saturated rings. The van der Waals surface area contributed by atoms with Crippen LogP contribution >= 0.6 is 27.3 Å². The van der Waals surface area contributed by atoms with Crippen molar-refractivity contribution in [1.82, 2.24) is 9.47 Å². The summed E-state index contributed by atoms with van der Waals surface area (Å²) >= 11 is 5.06. The predicted octanol–water partition coefficient (Wildman–Crippen LogP) is 2.26. The number of rotatable bonds is 2. The fourth-order valence-electron chi connectivity index (χ4n) is 2.33. The van der Waals surface area contributed by atoms with Crippen LogP contribution in [0, 0.1) is 0 Å². The first-order valence-electron chi connectivity index (χ1n) is 6.32. The third-order valence-electron chi connectivity index (χ3n) is 3.41. The van der Waals surface area contributed by atoms with Crippen molar-refractivity contribution in [2.24, 2.45) is 0 Å². The Balaban J connectivity index is 1.74. The minimum atomic E-state index is -0.158. The first kappa shape index (κ1) is 13.6. The van der Waals surface area contributed by atoms with E-state index in [-0.39, 0.29) is 18.0 Å². The highest BCUT2D eigenvalue weighted by Gasteiger charge is 2.21. The smallest absolute Gasteiger partial charge is 0.251 e. The monoisotopic (exact) mass is 352 g/mol. The first-order valence-corrected chi connectivity index (χ1v) is 8.00. The Hall–Kier alpha value is -1.40. The van der Waals surface area contributed by atoms with Crippen molar-refractivity contribution in [3.63, 3.8) is 0 Å². The minimum absolute atomic E-state index is 0.0120. The molecule has 0 N–H and O–H groups in total. The van der Waals surface area contributed by atoms with Gasteiger partial charge in [-0.1, -0.05) is 0 Å². The van der Waals surface area contributed by atoms with Crippen molar-refractivity contribution >= 4 is 33.2 Å². The number of aromatic nitrogens is 1. The summed E-state index contributed by atoms with van der Waals surface area (Å²) in [5.41, 5.74) is 1.07. The number of fused-ring (bicyclic) bond motifs is 1. The highest BCUT2D eigenvalue weighted by molar-refractivity contribution is 9.10. The summed E-state index contributed by atoms with van der Waals surface area (Å²) in [6.45, 7) is 1.48. The number of nitrogens with zero attached hydrogens (tertiary/aromatic N) is 2. The largest absolute Gasteiger partial charge is 0.336 e. The molecular weight excluding hydrogens is 340 g/mol. The summed E-state index contributed by atoms with van der Waals surface area (Å²) in [5, 5.41) is 2.07. The summed E-state index contributed by atoms with van der Waals surface area (Å²) in [5.74, 6) is -0.0120. The number of thiophene rings is 1. The van der Waals surface area contributed by atoms with Gasteiger partial charge in [0.1, 0.15) is 6.54 Å². The highest BCUT2D eigenvalue weighted by Crippen LogP contribution is 2.24. The number of carbonyl (C=O) groups is 1. The van der Waals surface area contributed by atoms with E-state index in [9.17, 15) is 9.59 Å². The summed E-state index contributed by atoms with van der Waals surface area (Å²) in [6, 6.07) is 5.22. The van der Waals surface area contributed by atoms with Gasteiger partial charge in [-0.2, -0.15) is 0 Å². The van der Waals surface area contributed by atoms with Gasteiger partial charge in [0.25, 0.3) is 5.56 Å². The average molecular weight is 353 g/mol. The fraction of sp³-hybridized carbons (Fsp3) is 0.286. The fourth-order valence-corrected chi connectivity index (χ4v) is 3.60. The number of pyridine rings is 1. The van der Waals surface area contributed by atoms with Gasteiger partial charge in [-0.15, -0.1) is 11.3 Å². The van der Waals surface area contributed by atoms with E-state index >= 15 is 0 Å². The molecule has 20 heavy (non-hydrogen) atoms. The molecule has 2 aromatic heterocycles. The third kappa shape index (κ3) is 2.71. The molecule has 4 nitrogen and oxygen atoms in total. The molecule has 104 valence electrons. The van der Waals surface area contributed by atoms with Crippen LogP contribution in [-0.4, -0.2) is 21.9 Å². The quantitative estimate of drug-likeness (QED) is 0.831. The predicted molar refractivity (Wildman–Crippen MR) is 81.8 cm³/mol. The van der Waals surface area contributed by atoms with Gasteiger partial charge in [-0.3, -0.25) is 9.59 Å². The molecule has 0 aliphatic carbocycles. The van der Waals surface area contributed by atoms with E-state index in [2.05, 4.69) is 27.4 Å². The second kappa shape index (κ2) is 5.54. The molecule has 0 saturated carbocycles. The van der Waals surface area contributed by atoms with E-state index in [1.807, 2.05) is 4.90 Å². The van der Waals surface area contributed by atoms with Crippen LogP contribution in [0.1, 0.15) is 10.4 Å². The van der Waals surface area contributed by atoms with E-state index < -0.39 is 0 Å². The molecule has 0 aromatic carbocycles. The maximum absolute atomic E-state index is 12.3. The van der Waals surface area contributed by atoms with Crippen molar-refractivity contribution in [3.8, 4) is 0 Å². The Morgan fingerprint density at radius 3 is 3.05 bits per heavy atom. The number of carbonyl (C=O) groups excluding carboxylic acids is 1. The lowest BCUT2D eigenvalue weighted by molar-refractivity contribution is -0.132. The van der Waals surface area contributed by atoms with Crippen LogP contribution in [0.2, 0.25) is 0 Å². The van der Waals surface area contributed by atoms with Crippen molar-refractivity contribution in [3.05, 3.63) is 55.0 Å². The molecule has 0 atom stereocenters. The van der Waals surface area contributed by atoms with Gasteiger partial charge in [0.15, 0.2) is 0 Å². The maximum atomic E-state index is 12.3. The van der Waals surface area contributed by atoms with Crippen molar-refractivity contribution < 1.29 is 4.79 Å². The molecule has 3 rings (SSSR count). The van der Waals surface area contributed by atoms with E-state index in [1.165, 1.54) is 21.1 Å². The molecule has 2 aromatic rings. The van der Waals surface area contributed by atoms with Crippen molar-refractivity contribution in [2.75, 3.05) is 6.54 Å². The van der Waals surface area contributed by atoms with Crippen LogP contribution in [0.4, 0.5) is 0 Å². The SMILES string of the molecule is O=C(Cn1cc(Br)ccc1=O)N1CCc2sccc2C1. The highest BCUT2D eigenvalue weighted by atomic mass is 79.9. The number of halogens is 1. The Morgan fingerprint density at radius 1 is 1.35 bits per heavy atom. The van der Waals surface area contributed by atoms with Crippen LogP contribution in [0.15, 0.2) is 39.0 Å². The summed E-state index contributed by atoms with van der Waals surface area (Å²) in [6.07, 6.45) is 2.56. The first-order chi connectivity index (χ1) is 9.63. The zero-order valence-electron chi connectivity index (χ0n) is 10.7. The molecule has 0 unspecified atom stereocenters. The third-order valence-corrected chi connectivity index (χ3v) is 4.91. The lowest BCUT2D eigenvalue weighted by atomic mass is 10.1. The van der Waals surface area contributed by atoms with Gasteiger partial charge in [-0.25, -0.2) is 0 Å². The Bertz CT molecular complexity index is 707. The summed E-state index contributed by atoms with van der Waals surface area (Å²) in [7, 11) is 0. The molecule has 3 heterocycles. The Kier molecular flexibility index (Phi) is 3.76. The van der Waals surface area contributed by atoms with Crippen LogP contribution in [0.3, 0.4) is 0 Å². The van der Waals surface area contributed by atoms with E-state index in [1.54, 1.807) is 23.6 Å². The molecule has 6 heteroatoms. The normalized spacial score (nSPS) is 14.2.